The van der Waals surface area contributed by atoms with Gasteiger partial charge >= 0.3 is 17.9 Å². The SMILES string of the molecule is Cc1cc2c(cc1Cl)N(CCCS(=O)(=O)O)/C(=C(\C=c1/s/c(=c3/s/c(=C4/SC(=S)N(CC(=O)O)C4=O)n(CC(=O)O)c3=O)n(CC(=O)O)c1=O)Cc1ccccc1)S2. The van der Waals surface area contributed by atoms with Gasteiger partial charge in [-0.3, -0.25) is 47.4 Å². The number of carbonyl (C=O) groups excluding carboxylic acids is 1. The lowest BCUT2D eigenvalue weighted by atomic mass is 10.1. The van der Waals surface area contributed by atoms with E-state index in [-0.39, 0.29) is 47.0 Å². The summed E-state index contributed by atoms with van der Waals surface area (Å²) in [7, 11) is -4.30. The number of anilines is 1. The van der Waals surface area contributed by atoms with Gasteiger partial charge in [0.2, 0.25) is 0 Å². The highest BCUT2D eigenvalue weighted by Gasteiger charge is 2.36. The third-order valence-corrected chi connectivity index (χ3v) is 14.9. The first-order chi connectivity index (χ1) is 27.3. The summed E-state index contributed by atoms with van der Waals surface area (Å²) < 4.78 is 33.8. The number of hydrogen-bond donors (Lipinski definition) is 4. The molecule has 16 nitrogen and oxygen atoms in total. The topological polar surface area (TPSA) is 234 Å². The smallest absolute Gasteiger partial charge is 0.323 e. The van der Waals surface area contributed by atoms with Gasteiger partial charge in [0.05, 0.1) is 21.0 Å². The lowest BCUT2D eigenvalue weighted by molar-refractivity contribution is -0.140. The second-order valence-corrected chi connectivity index (χ2v) is 19.3. The molecule has 0 saturated carbocycles. The average Bonchev–Trinajstić information content (AvgIpc) is 3.82. The van der Waals surface area contributed by atoms with Gasteiger partial charge in [0, 0.05) is 22.9 Å². The number of benzene rings is 2. The van der Waals surface area contributed by atoms with Gasteiger partial charge in [-0.05, 0) is 48.3 Å². The number of thiazole rings is 2. The van der Waals surface area contributed by atoms with Crippen LogP contribution in [0.2, 0.25) is 5.02 Å². The minimum Gasteiger partial charge on any atom is -0.480 e. The number of rotatable bonds is 13. The van der Waals surface area contributed by atoms with Crippen LogP contribution in [0.5, 0.6) is 0 Å². The van der Waals surface area contributed by atoms with Crippen LogP contribution in [0.1, 0.15) is 17.5 Å². The molecule has 0 atom stereocenters. The zero-order valence-electron chi connectivity index (χ0n) is 29.7. The maximum atomic E-state index is 14.2. The first-order valence-corrected chi connectivity index (χ1v) is 22.4. The van der Waals surface area contributed by atoms with Crippen molar-refractivity contribution in [3.05, 3.63) is 108 Å². The Morgan fingerprint density at radius 3 is 2.12 bits per heavy atom. The molecule has 4 N–H and O–H groups in total. The van der Waals surface area contributed by atoms with E-state index < -0.39 is 70.4 Å². The van der Waals surface area contributed by atoms with E-state index in [2.05, 4.69) is 0 Å². The van der Waals surface area contributed by atoms with Crippen LogP contribution in [0.15, 0.2) is 67.6 Å². The number of fused-ring (bicyclic) bond motifs is 1. The molecule has 304 valence electrons. The van der Waals surface area contributed by atoms with Gasteiger partial charge in [0.15, 0.2) is 0 Å². The van der Waals surface area contributed by atoms with Crippen LogP contribution in [0, 0.1) is 16.1 Å². The first kappa shape index (κ1) is 43.0. The number of amides is 1. The summed E-state index contributed by atoms with van der Waals surface area (Å²) in [4.78, 5) is 80.3. The summed E-state index contributed by atoms with van der Waals surface area (Å²) in [6, 6.07) is 12.8. The molecule has 6 rings (SSSR count). The number of nitrogens with zero attached hydrogens (tertiary/aromatic N) is 4. The van der Waals surface area contributed by atoms with E-state index in [1.807, 2.05) is 48.2 Å². The molecule has 2 aromatic heterocycles. The Balaban J connectivity index is 1.66. The Hall–Kier alpha value is -4.55. The fourth-order valence-corrected chi connectivity index (χ4v) is 11.7. The van der Waals surface area contributed by atoms with Gasteiger partial charge < -0.3 is 20.2 Å². The minimum atomic E-state index is -4.30. The summed E-state index contributed by atoms with van der Waals surface area (Å²) in [5.41, 5.74) is 1.06. The molecule has 0 spiro atoms. The molecule has 0 unspecified atom stereocenters. The van der Waals surface area contributed by atoms with Crippen LogP contribution < -0.4 is 25.2 Å². The van der Waals surface area contributed by atoms with Gasteiger partial charge in [-0.1, -0.05) is 77.7 Å². The number of thioether (sulfide) groups is 2. The molecule has 4 aromatic rings. The Labute approximate surface area is 354 Å². The van der Waals surface area contributed by atoms with Crippen LogP contribution in [0.3, 0.4) is 0 Å². The standard InChI is InChI=1S/C35H29ClN4O12S6/c1-17-10-22-21(13-20(17)36)37(8-5-9-58(50,51)52)32(54-22)19(11-18-6-3-2-4-7-18)12-23-29(47)38(14-24(41)42)33(55-23)27-30(48)39(15-25(43)44)34(56-27)28-31(49)40(16-26(45)46)35(53)57-28/h2-4,6-7,10,12-13H,5,8-9,11,14-16H2,1H3,(H,41,42)(H,43,44)(H,45,46)(H,50,51,52)/b23-12-,32-19+,33-27+,34-28+. The largest absolute Gasteiger partial charge is 0.480 e. The quantitative estimate of drug-likeness (QED) is 0.112. The van der Waals surface area contributed by atoms with Crippen molar-refractivity contribution in [3.63, 3.8) is 0 Å². The van der Waals surface area contributed by atoms with Gasteiger partial charge in [0.25, 0.3) is 27.1 Å². The minimum absolute atomic E-state index is 0.00903. The van der Waals surface area contributed by atoms with Crippen molar-refractivity contribution in [3.8, 4) is 0 Å². The van der Waals surface area contributed by atoms with Gasteiger partial charge in [-0.2, -0.15) is 8.42 Å². The van der Waals surface area contributed by atoms with Crippen LogP contribution in [0.25, 0.3) is 11.0 Å². The van der Waals surface area contributed by atoms with Crippen molar-refractivity contribution in [2.75, 3.05) is 23.7 Å². The number of aliphatic carboxylic acids is 3. The first-order valence-electron chi connectivity index (χ1n) is 16.7. The van der Waals surface area contributed by atoms with Crippen molar-refractivity contribution in [2.45, 2.75) is 37.8 Å². The average molecular weight is 925 g/mol. The maximum absolute atomic E-state index is 14.2. The summed E-state index contributed by atoms with van der Waals surface area (Å²) >= 11 is 15.1. The number of carboxylic acid groups (broad SMARTS) is 3. The van der Waals surface area contributed by atoms with E-state index in [4.69, 9.17) is 23.8 Å². The number of carbonyl (C=O) groups is 4. The summed E-state index contributed by atoms with van der Waals surface area (Å²) in [5.74, 6) is -5.66. The molecule has 1 fully saturated rings. The number of thiocarbonyl (C=S) groups is 1. The van der Waals surface area contributed by atoms with Crippen molar-refractivity contribution < 1.29 is 47.5 Å². The van der Waals surface area contributed by atoms with Crippen molar-refractivity contribution in [2.24, 2.45) is 0 Å². The molecule has 1 amide bonds. The highest BCUT2D eigenvalue weighted by Crippen LogP contribution is 2.49. The lowest BCUT2D eigenvalue weighted by Gasteiger charge is -2.23. The summed E-state index contributed by atoms with van der Waals surface area (Å²) in [6.07, 6.45) is 1.80. The Bertz CT molecular complexity index is 2920. The summed E-state index contributed by atoms with van der Waals surface area (Å²) in [6.45, 7) is -0.669. The molecule has 2 aliphatic heterocycles. The number of aryl methyl sites for hydroxylation is 1. The second kappa shape index (κ2) is 17.4. The van der Waals surface area contributed by atoms with Crippen LogP contribution in [-0.4, -0.2) is 89.3 Å². The Morgan fingerprint density at radius 2 is 1.50 bits per heavy atom. The van der Waals surface area contributed by atoms with Crippen LogP contribution >= 0.6 is 70.0 Å². The highest BCUT2D eigenvalue weighted by molar-refractivity contribution is 8.30. The molecule has 2 aliphatic rings. The van der Waals surface area contributed by atoms with Crippen LogP contribution in [-0.2, 0) is 48.8 Å². The van der Waals surface area contributed by atoms with E-state index in [1.54, 1.807) is 12.1 Å². The molecular weight excluding hydrogens is 896 g/mol. The maximum Gasteiger partial charge on any atom is 0.323 e. The molecule has 58 heavy (non-hydrogen) atoms. The van der Waals surface area contributed by atoms with E-state index in [1.165, 1.54) is 11.8 Å². The number of aromatic nitrogens is 2. The number of halogens is 1. The molecule has 0 aliphatic carbocycles. The zero-order valence-corrected chi connectivity index (χ0v) is 35.4. The molecular formula is C35H29ClN4O12S6. The Kier molecular flexibility index (Phi) is 12.9. The van der Waals surface area contributed by atoms with Crippen molar-refractivity contribution in [1.82, 2.24) is 14.0 Å². The molecule has 0 radical (unpaired) electrons. The third kappa shape index (κ3) is 9.33. The zero-order chi connectivity index (χ0) is 42.2. The molecule has 23 heteroatoms. The molecule has 1 saturated heterocycles. The predicted molar refractivity (Wildman–Crippen MR) is 224 cm³/mol. The summed E-state index contributed by atoms with van der Waals surface area (Å²) in [5, 5.41) is 30.0. The number of allylic oxidation sites excluding steroid dienone is 1. The monoisotopic (exact) mass is 924 g/mol. The Morgan fingerprint density at radius 1 is 0.862 bits per heavy atom. The van der Waals surface area contributed by atoms with Crippen LogP contribution in [0.4, 0.5) is 5.69 Å². The number of carboxylic acids is 3. The normalized spacial score (nSPS) is 17.0. The fourth-order valence-electron chi connectivity index (χ4n) is 5.99. The third-order valence-electron chi connectivity index (χ3n) is 8.49. The van der Waals surface area contributed by atoms with Gasteiger partial charge in [-0.25, -0.2) is 0 Å². The highest BCUT2D eigenvalue weighted by atomic mass is 35.5. The van der Waals surface area contributed by atoms with E-state index >= 15 is 0 Å². The second-order valence-electron chi connectivity index (χ2n) is 12.7. The van der Waals surface area contributed by atoms with Gasteiger partial charge in [0.1, 0.15) is 42.7 Å². The van der Waals surface area contributed by atoms with E-state index in [0.29, 0.717) is 44.4 Å². The van der Waals surface area contributed by atoms with E-state index in [9.17, 15) is 57.1 Å². The molecule has 2 aromatic carbocycles. The number of hydrogen-bond acceptors (Lipinski definition) is 14. The lowest BCUT2D eigenvalue weighted by Crippen LogP contribution is -2.35. The fraction of sp³-hybridized carbons (Fsp3) is 0.229. The predicted octanol–water partition coefficient (Wildman–Crippen LogP) is 2.73. The van der Waals surface area contributed by atoms with Crippen molar-refractivity contribution >= 4 is 125 Å². The van der Waals surface area contributed by atoms with Crippen molar-refractivity contribution in [1.29, 1.82) is 0 Å². The molecule has 0 bridgehead atoms. The van der Waals surface area contributed by atoms with E-state index in [0.717, 1.165) is 41.4 Å². The molecule has 4 heterocycles. The van der Waals surface area contributed by atoms with Gasteiger partial charge in [-0.15, -0.1) is 22.7 Å².